The number of nitrogens with two attached hydrogens (primary N) is 1. The van der Waals surface area contributed by atoms with Crippen LogP contribution in [0.1, 0.15) is 36.5 Å². The average molecular weight is 263 g/mol. The number of carbonyl (C=O) groups excluding carboxylic acids is 1. The Morgan fingerprint density at radius 1 is 1.32 bits per heavy atom. The lowest BCUT2D eigenvalue weighted by Gasteiger charge is -2.17. The van der Waals surface area contributed by atoms with E-state index in [-0.39, 0.29) is 11.9 Å². The first-order chi connectivity index (χ1) is 9.08. The molecule has 0 aromatic heterocycles. The molecule has 0 aliphatic rings. The van der Waals surface area contributed by atoms with E-state index >= 15 is 0 Å². The Morgan fingerprint density at radius 3 is 2.42 bits per heavy atom. The van der Waals surface area contributed by atoms with Gasteiger partial charge >= 0.3 is 0 Å². The van der Waals surface area contributed by atoms with Crippen LogP contribution in [0, 0.1) is 0 Å². The Balaban J connectivity index is 2.61. The fraction of sp³-hybridized carbons (Fsp3) is 0.533. The van der Waals surface area contributed by atoms with Gasteiger partial charge in [0.1, 0.15) is 0 Å². The molecule has 0 bridgehead atoms. The van der Waals surface area contributed by atoms with Crippen LogP contribution < -0.4 is 16.0 Å². The molecule has 0 aliphatic heterocycles. The summed E-state index contributed by atoms with van der Waals surface area (Å²) in [5, 5.41) is 2.99. The summed E-state index contributed by atoms with van der Waals surface area (Å²) in [4.78, 5) is 14.1. The van der Waals surface area contributed by atoms with E-state index in [9.17, 15) is 4.79 Å². The highest BCUT2D eigenvalue weighted by Gasteiger charge is 2.12. The van der Waals surface area contributed by atoms with Crippen molar-refractivity contribution in [3.63, 3.8) is 0 Å². The molecule has 1 amide bonds. The number of benzene rings is 1. The SMILES string of the molecule is CCCCC(CN)NC(=O)c1ccc(N(C)C)cc1. The Kier molecular flexibility index (Phi) is 6.36. The van der Waals surface area contributed by atoms with Gasteiger partial charge in [-0.1, -0.05) is 19.8 Å². The molecule has 1 aromatic carbocycles. The van der Waals surface area contributed by atoms with Crippen molar-refractivity contribution in [1.29, 1.82) is 0 Å². The molecule has 0 saturated heterocycles. The second-order valence-electron chi connectivity index (χ2n) is 4.99. The van der Waals surface area contributed by atoms with Gasteiger partial charge in [-0.25, -0.2) is 0 Å². The van der Waals surface area contributed by atoms with Crippen LogP contribution in [0.3, 0.4) is 0 Å². The van der Waals surface area contributed by atoms with Crippen molar-refractivity contribution in [2.24, 2.45) is 5.73 Å². The van der Waals surface area contributed by atoms with Crippen LogP contribution in [0.15, 0.2) is 24.3 Å². The molecule has 1 atom stereocenters. The summed E-state index contributed by atoms with van der Waals surface area (Å²) in [5.41, 5.74) is 7.44. The van der Waals surface area contributed by atoms with Crippen LogP contribution in [0.25, 0.3) is 0 Å². The molecule has 19 heavy (non-hydrogen) atoms. The van der Waals surface area contributed by atoms with Crippen molar-refractivity contribution in [1.82, 2.24) is 5.32 Å². The van der Waals surface area contributed by atoms with E-state index in [2.05, 4.69) is 12.2 Å². The molecule has 4 nitrogen and oxygen atoms in total. The molecular formula is C15H25N3O. The van der Waals surface area contributed by atoms with E-state index in [0.29, 0.717) is 12.1 Å². The van der Waals surface area contributed by atoms with Crippen LogP contribution in [-0.2, 0) is 0 Å². The predicted octanol–water partition coefficient (Wildman–Crippen LogP) is 2.00. The average Bonchev–Trinajstić information content (AvgIpc) is 2.43. The number of nitrogens with zero attached hydrogens (tertiary/aromatic N) is 1. The molecule has 1 rings (SSSR count). The number of nitrogens with one attached hydrogen (secondary N) is 1. The summed E-state index contributed by atoms with van der Waals surface area (Å²) in [7, 11) is 3.95. The van der Waals surface area contributed by atoms with E-state index in [1.807, 2.05) is 43.3 Å². The molecular weight excluding hydrogens is 238 g/mol. The third kappa shape index (κ3) is 4.91. The van der Waals surface area contributed by atoms with Crippen LogP contribution in [-0.4, -0.2) is 32.6 Å². The fourth-order valence-electron chi connectivity index (χ4n) is 1.88. The van der Waals surface area contributed by atoms with Gasteiger partial charge in [0.25, 0.3) is 5.91 Å². The summed E-state index contributed by atoms with van der Waals surface area (Å²) in [6.07, 6.45) is 3.14. The first-order valence-corrected chi connectivity index (χ1v) is 6.86. The Morgan fingerprint density at radius 2 is 1.95 bits per heavy atom. The first-order valence-electron chi connectivity index (χ1n) is 6.86. The molecule has 0 saturated carbocycles. The van der Waals surface area contributed by atoms with Crippen LogP contribution in [0.5, 0.6) is 0 Å². The van der Waals surface area contributed by atoms with Gasteiger partial charge in [-0.2, -0.15) is 0 Å². The second-order valence-corrected chi connectivity index (χ2v) is 4.99. The summed E-state index contributed by atoms with van der Waals surface area (Å²) >= 11 is 0. The van der Waals surface area contributed by atoms with E-state index in [0.717, 1.165) is 24.9 Å². The number of anilines is 1. The van der Waals surface area contributed by atoms with Crippen LogP contribution in [0.2, 0.25) is 0 Å². The monoisotopic (exact) mass is 263 g/mol. The second kappa shape index (κ2) is 7.79. The van der Waals surface area contributed by atoms with Crippen molar-refractivity contribution in [3.05, 3.63) is 29.8 Å². The molecule has 0 spiro atoms. The largest absolute Gasteiger partial charge is 0.378 e. The van der Waals surface area contributed by atoms with Gasteiger partial charge in [0.15, 0.2) is 0 Å². The highest BCUT2D eigenvalue weighted by molar-refractivity contribution is 5.94. The van der Waals surface area contributed by atoms with Crippen LogP contribution >= 0.6 is 0 Å². The summed E-state index contributed by atoms with van der Waals surface area (Å²) in [6.45, 7) is 2.62. The zero-order valence-electron chi connectivity index (χ0n) is 12.1. The topological polar surface area (TPSA) is 58.4 Å². The molecule has 4 heteroatoms. The lowest BCUT2D eigenvalue weighted by Crippen LogP contribution is -2.40. The molecule has 1 aromatic rings. The number of amides is 1. The molecule has 0 fully saturated rings. The lowest BCUT2D eigenvalue weighted by atomic mass is 10.1. The maximum absolute atomic E-state index is 12.1. The molecule has 106 valence electrons. The maximum Gasteiger partial charge on any atom is 0.251 e. The van der Waals surface area contributed by atoms with Gasteiger partial charge in [0.05, 0.1) is 0 Å². The molecule has 1 unspecified atom stereocenters. The lowest BCUT2D eigenvalue weighted by molar-refractivity contribution is 0.0936. The van der Waals surface area contributed by atoms with E-state index < -0.39 is 0 Å². The normalized spacial score (nSPS) is 12.0. The predicted molar refractivity (Wildman–Crippen MR) is 80.6 cm³/mol. The Bertz CT molecular complexity index is 387. The molecule has 0 aliphatic carbocycles. The number of hydrogen-bond donors (Lipinski definition) is 2. The standard InChI is InChI=1S/C15H25N3O/c1-4-5-6-13(11-16)17-15(19)12-7-9-14(10-8-12)18(2)3/h7-10,13H,4-6,11,16H2,1-3H3,(H,17,19). The van der Waals surface area contributed by atoms with Gasteiger partial charge in [-0.15, -0.1) is 0 Å². The zero-order valence-corrected chi connectivity index (χ0v) is 12.1. The first kappa shape index (κ1) is 15.5. The van der Waals surface area contributed by atoms with Crippen molar-refractivity contribution in [2.75, 3.05) is 25.5 Å². The summed E-state index contributed by atoms with van der Waals surface area (Å²) in [5.74, 6) is -0.0446. The van der Waals surface area contributed by atoms with Crippen molar-refractivity contribution >= 4 is 11.6 Å². The molecule has 0 heterocycles. The number of hydrogen-bond acceptors (Lipinski definition) is 3. The van der Waals surface area contributed by atoms with E-state index in [1.54, 1.807) is 0 Å². The minimum atomic E-state index is -0.0446. The van der Waals surface area contributed by atoms with Crippen molar-refractivity contribution in [3.8, 4) is 0 Å². The smallest absolute Gasteiger partial charge is 0.251 e. The minimum Gasteiger partial charge on any atom is -0.378 e. The van der Waals surface area contributed by atoms with Gasteiger partial charge in [0.2, 0.25) is 0 Å². The van der Waals surface area contributed by atoms with Gasteiger partial charge in [0, 0.05) is 37.9 Å². The Hall–Kier alpha value is -1.55. The molecule has 0 radical (unpaired) electrons. The van der Waals surface area contributed by atoms with Crippen molar-refractivity contribution < 1.29 is 4.79 Å². The zero-order chi connectivity index (χ0) is 14.3. The number of rotatable bonds is 7. The number of unbranched alkanes of at least 4 members (excludes halogenated alkanes) is 1. The number of carbonyl (C=O) groups is 1. The highest BCUT2D eigenvalue weighted by atomic mass is 16.1. The van der Waals surface area contributed by atoms with E-state index in [4.69, 9.17) is 5.73 Å². The highest BCUT2D eigenvalue weighted by Crippen LogP contribution is 2.12. The van der Waals surface area contributed by atoms with Gasteiger partial charge < -0.3 is 16.0 Å². The maximum atomic E-state index is 12.1. The van der Waals surface area contributed by atoms with Gasteiger partial charge in [-0.3, -0.25) is 4.79 Å². The van der Waals surface area contributed by atoms with E-state index in [1.165, 1.54) is 0 Å². The minimum absolute atomic E-state index is 0.0446. The Labute approximate surface area is 116 Å². The van der Waals surface area contributed by atoms with Crippen molar-refractivity contribution in [2.45, 2.75) is 32.2 Å². The fourth-order valence-corrected chi connectivity index (χ4v) is 1.88. The van der Waals surface area contributed by atoms with Gasteiger partial charge in [-0.05, 0) is 30.7 Å². The quantitative estimate of drug-likeness (QED) is 0.791. The summed E-state index contributed by atoms with van der Waals surface area (Å²) in [6, 6.07) is 7.65. The summed E-state index contributed by atoms with van der Waals surface area (Å²) < 4.78 is 0. The third-order valence-electron chi connectivity index (χ3n) is 3.17. The third-order valence-corrected chi connectivity index (χ3v) is 3.17. The molecule has 3 N–H and O–H groups in total. The van der Waals surface area contributed by atoms with Crippen LogP contribution in [0.4, 0.5) is 5.69 Å².